The SMILES string of the molecule is Cc1cc(ONC(=O)C(C)C2CCCC2)n(-c2ccccc2)n1. The second kappa shape index (κ2) is 6.86. The Hall–Kier alpha value is -2.30. The van der Waals surface area contributed by atoms with Crippen LogP contribution < -0.4 is 10.3 Å². The summed E-state index contributed by atoms with van der Waals surface area (Å²) >= 11 is 0. The number of aryl methyl sites for hydroxylation is 1. The zero-order valence-electron chi connectivity index (χ0n) is 13.7. The molecule has 0 aliphatic heterocycles. The first-order chi connectivity index (χ1) is 11.1. The molecule has 5 nitrogen and oxygen atoms in total. The molecule has 1 fully saturated rings. The van der Waals surface area contributed by atoms with Crippen molar-refractivity contribution in [1.29, 1.82) is 0 Å². The zero-order chi connectivity index (χ0) is 16.2. The lowest BCUT2D eigenvalue weighted by Crippen LogP contribution is -2.35. The van der Waals surface area contributed by atoms with Gasteiger partial charge in [0.25, 0.3) is 5.91 Å². The van der Waals surface area contributed by atoms with Crippen LogP contribution in [0.4, 0.5) is 0 Å². The van der Waals surface area contributed by atoms with Crippen molar-refractivity contribution in [2.24, 2.45) is 11.8 Å². The minimum absolute atomic E-state index is 0.0216. The van der Waals surface area contributed by atoms with Gasteiger partial charge in [0, 0.05) is 12.0 Å². The van der Waals surface area contributed by atoms with Crippen LogP contribution in [-0.2, 0) is 4.79 Å². The molecule has 0 radical (unpaired) electrons. The summed E-state index contributed by atoms with van der Waals surface area (Å²) < 4.78 is 1.69. The number of nitrogens with zero attached hydrogens (tertiary/aromatic N) is 2. The molecule has 1 aliphatic rings. The summed E-state index contributed by atoms with van der Waals surface area (Å²) in [6.07, 6.45) is 4.72. The molecule has 0 saturated heterocycles. The summed E-state index contributed by atoms with van der Waals surface area (Å²) in [5.74, 6) is 0.905. The van der Waals surface area contributed by atoms with Crippen LogP contribution in [0.1, 0.15) is 38.3 Å². The van der Waals surface area contributed by atoms with Crippen LogP contribution in [0.25, 0.3) is 5.69 Å². The molecule has 23 heavy (non-hydrogen) atoms. The standard InChI is InChI=1S/C18H23N3O2/c1-13-12-17(21(19-13)16-10-4-3-5-11-16)23-20-18(22)14(2)15-8-6-7-9-15/h3-5,10-12,14-15H,6-9H2,1-2H3,(H,20,22). The van der Waals surface area contributed by atoms with Crippen LogP contribution in [-0.4, -0.2) is 15.7 Å². The highest BCUT2D eigenvalue weighted by Crippen LogP contribution is 2.31. The number of para-hydroxylation sites is 1. The van der Waals surface area contributed by atoms with Crippen molar-refractivity contribution in [3.05, 3.63) is 42.1 Å². The quantitative estimate of drug-likeness (QED) is 0.861. The van der Waals surface area contributed by atoms with Crippen molar-refractivity contribution in [2.45, 2.75) is 39.5 Å². The highest BCUT2D eigenvalue weighted by atomic mass is 16.7. The first-order valence-electron chi connectivity index (χ1n) is 8.24. The maximum atomic E-state index is 12.3. The summed E-state index contributed by atoms with van der Waals surface area (Å²) in [6, 6.07) is 11.5. The van der Waals surface area contributed by atoms with Crippen molar-refractivity contribution in [1.82, 2.24) is 15.3 Å². The van der Waals surface area contributed by atoms with E-state index in [1.54, 1.807) is 4.68 Å². The van der Waals surface area contributed by atoms with Gasteiger partial charge in [-0.05, 0) is 37.8 Å². The van der Waals surface area contributed by atoms with Gasteiger partial charge in [0.2, 0.25) is 5.88 Å². The Balaban J connectivity index is 1.67. The molecule has 5 heteroatoms. The lowest BCUT2D eigenvalue weighted by Gasteiger charge is -2.18. The van der Waals surface area contributed by atoms with Crippen molar-refractivity contribution in [3.8, 4) is 11.6 Å². The van der Waals surface area contributed by atoms with Gasteiger partial charge in [-0.3, -0.25) is 4.79 Å². The van der Waals surface area contributed by atoms with Crippen molar-refractivity contribution < 1.29 is 9.63 Å². The fourth-order valence-corrected chi connectivity index (χ4v) is 3.17. The summed E-state index contributed by atoms with van der Waals surface area (Å²) in [7, 11) is 0. The van der Waals surface area contributed by atoms with Gasteiger partial charge >= 0.3 is 0 Å². The minimum Gasteiger partial charge on any atom is -0.359 e. The molecule has 0 bridgehead atoms. The van der Waals surface area contributed by atoms with E-state index in [2.05, 4.69) is 10.6 Å². The maximum absolute atomic E-state index is 12.3. The third kappa shape index (κ3) is 3.55. The Kier molecular flexibility index (Phi) is 4.65. The van der Waals surface area contributed by atoms with Crippen molar-refractivity contribution >= 4 is 5.91 Å². The van der Waals surface area contributed by atoms with Crippen LogP contribution in [0.3, 0.4) is 0 Å². The molecule has 122 valence electrons. The van der Waals surface area contributed by atoms with E-state index in [1.807, 2.05) is 50.2 Å². The number of hydrogen-bond donors (Lipinski definition) is 1. The van der Waals surface area contributed by atoms with Crippen molar-refractivity contribution in [2.75, 3.05) is 0 Å². The first-order valence-corrected chi connectivity index (χ1v) is 8.24. The average molecular weight is 313 g/mol. The molecule has 1 aromatic heterocycles. The van der Waals surface area contributed by atoms with Gasteiger partial charge in [0.05, 0.1) is 11.4 Å². The smallest absolute Gasteiger partial charge is 0.255 e. The second-order valence-corrected chi connectivity index (χ2v) is 6.27. The molecular weight excluding hydrogens is 290 g/mol. The number of aromatic nitrogens is 2. The van der Waals surface area contributed by atoms with Gasteiger partial charge in [-0.15, -0.1) is 0 Å². The molecule has 1 heterocycles. The van der Waals surface area contributed by atoms with Gasteiger partial charge in [0.1, 0.15) is 0 Å². The number of rotatable bonds is 5. The van der Waals surface area contributed by atoms with Gasteiger partial charge in [-0.1, -0.05) is 38.0 Å². The molecule has 3 rings (SSSR count). The van der Waals surface area contributed by atoms with E-state index in [0.29, 0.717) is 11.8 Å². The molecule has 1 aliphatic carbocycles. The zero-order valence-corrected chi connectivity index (χ0v) is 13.7. The van der Waals surface area contributed by atoms with E-state index in [0.717, 1.165) is 24.2 Å². The Morgan fingerprint density at radius 2 is 2.00 bits per heavy atom. The van der Waals surface area contributed by atoms with Crippen molar-refractivity contribution in [3.63, 3.8) is 0 Å². The first kappa shape index (κ1) is 15.6. The molecule has 1 aromatic carbocycles. The van der Waals surface area contributed by atoms with E-state index in [4.69, 9.17) is 4.84 Å². The Morgan fingerprint density at radius 1 is 1.30 bits per heavy atom. The second-order valence-electron chi connectivity index (χ2n) is 6.27. The number of hydroxylamine groups is 1. The van der Waals surface area contributed by atoms with Crippen LogP contribution in [0.15, 0.2) is 36.4 Å². The molecule has 1 saturated carbocycles. The number of hydrogen-bond acceptors (Lipinski definition) is 3. The van der Waals surface area contributed by atoms with Crippen LogP contribution in [0.5, 0.6) is 5.88 Å². The monoisotopic (exact) mass is 313 g/mol. The normalized spacial score (nSPS) is 16.3. The van der Waals surface area contributed by atoms with E-state index in [-0.39, 0.29) is 11.8 Å². The molecule has 2 aromatic rings. The molecule has 1 N–H and O–H groups in total. The van der Waals surface area contributed by atoms with Gasteiger partial charge in [-0.25, -0.2) is 0 Å². The van der Waals surface area contributed by atoms with Gasteiger partial charge in [0.15, 0.2) is 0 Å². The number of benzene rings is 1. The highest BCUT2D eigenvalue weighted by molar-refractivity contribution is 5.77. The van der Waals surface area contributed by atoms with Crippen LogP contribution in [0, 0.1) is 18.8 Å². The summed E-state index contributed by atoms with van der Waals surface area (Å²) in [5.41, 5.74) is 4.33. The molecule has 0 spiro atoms. The predicted molar refractivity (Wildman–Crippen MR) is 88.2 cm³/mol. The summed E-state index contributed by atoms with van der Waals surface area (Å²) in [5, 5.41) is 4.42. The highest BCUT2D eigenvalue weighted by Gasteiger charge is 2.27. The van der Waals surface area contributed by atoms with Crippen LogP contribution >= 0.6 is 0 Å². The number of amides is 1. The minimum atomic E-state index is -0.0598. The fraction of sp³-hybridized carbons (Fsp3) is 0.444. The molecular formula is C18H23N3O2. The van der Waals surface area contributed by atoms with E-state index >= 15 is 0 Å². The number of carbonyl (C=O) groups is 1. The topological polar surface area (TPSA) is 56.1 Å². The predicted octanol–water partition coefficient (Wildman–Crippen LogP) is 3.42. The van der Waals surface area contributed by atoms with Crippen LogP contribution in [0.2, 0.25) is 0 Å². The van der Waals surface area contributed by atoms with Gasteiger partial charge in [-0.2, -0.15) is 15.3 Å². The Labute approximate surface area is 136 Å². The fourth-order valence-electron chi connectivity index (χ4n) is 3.17. The van der Waals surface area contributed by atoms with E-state index < -0.39 is 0 Å². The van der Waals surface area contributed by atoms with E-state index in [9.17, 15) is 4.79 Å². The number of carbonyl (C=O) groups excluding carboxylic acids is 1. The number of nitrogens with one attached hydrogen (secondary N) is 1. The largest absolute Gasteiger partial charge is 0.359 e. The summed E-state index contributed by atoms with van der Waals surface area (Å²) in [4.78, 5) is 17.8. The third-order valence-electron chi connectivity index (χ3n) is 4.58. The van der Waals surface area contributed by atoms with Gasteiger partial charge < -0.3 is 4.84 Å². The lowest BCUT2D eigenvalue weighted by atomic mass is 9.92. The molecule has 1 atom stereocenters. The molecule has 1 unspecified atom stereocenters. The Bertz CT molecular complexity index is 660. The molecule has 1 amide bonds. The average Bonchev–Trinajstić information content (AvgIpc) is 3.22. The lowest BCUT2D eigenvalue weighted by molar-refractivity contribution is -0.133. The Morgan fingerprint density at radius 3 is 2.70 bits per heavy atom. The summed E-state index contributed by atoms with van der Waals surface area (Å²) in [6.45, 7) is 3.88. The third-order valence-corrected chi connectivity index (χ3v) is 4.58. The maximum Gasteiger partial charge on any atom is 0.255 e. The van der Waals surface area contributed by atoms with E-state index in [1.165, 1.54) is 12.8 Å².